The van der Waals surface area contributed by atoms with E-state index < -0.39 is 0 Å². The fraction of sp³-hybridized carbons (Fsp3) is 0.538. The molecule has 14 heavy (non-hydrogen) atoms. The maximum absolute atomic E-state index is 6.48. The van der Waals surface area contributed by atoms with Crippen molar-refractivity contribution >= 4 is 0 Å². The Hall–Kier alpha value is -0.820. The van der Waals surface area contributed by atoms with Gasteiger partial charge in [0, 0.05) is 5.54 Å². The molecule has 0 aromatic heterocycles. The van der Waals surface area contributed by atoms with Crippen LogP contribution in [0.2, 0.25) is 0 Å². The van der Waals surface area contributed by atoms with E-state index in [2.05, 4.69) is 31.2 Å². The number of hydrogen-bond donors (Lipinski definition) is 1. The molecular weight excluding hydrogens is 170 g/mol. The van der Waals surface area contributed by atoms with Crippen LogP contribution in [-0.2, 0) is 12.0 Å². The van der Waals surface area contributed by atoms with Gasteiger partial charge in [-0.05, 0) is 36.8 Å². The number of fused-ring (bicyclic) bond motifs is 1. The fourth-order valence-electron chi connectivity index (χ4n) is 2.66. The minimum absolute atomic E-state index is 0.0381. The van der Waals surface area contributed by atoms with E-state index in [-0.39, 0.29) is 5.54 Å². The molecule has 1 aromatic rings. The van der Waals surface area contributed by atoms with Crippen molar-refractivity contribution in [3.05, 3.63) is 35.4 Å². The second-order valence-electron chi connectivity index (χ2n) is 4.42. The summed E-state index contributed by atoms with van der Waals surface area (Å²) in [7, 11) is 0. The Kier molecular flexibility index (Phi) is 2.60. The molecule has 1 aliphatic rings. The van der Waals surface area contributed by atoms with Crippen LogP contribution in [0.15, 0.2) is 24.3 Å². The van der Waals surface area contributed by atoms with Crippen molar-refractivity contribution in [2.45, 2.75) is 44.6 Å². The highest BCUT2D eigenvalue weighted by molar-refractivity contribution is 5.35. The molecule has 0 saturated carbocycles. The summed E-state index contributed by atoms with van der Waals surface area (Å²) >= 11 is 0. The third-order valence-corrected chi connectivity index (χ3v) is 3.32. The molecule has 1 heteroatoms. The molecule has 1 atom stereocenters. The third-order valence-electron chi connectivity index (χ3n) is 3.32. The molecule has 0 heterocycles. The molecule has 2 rings (SSSR count). The topological polar surface area (TPSA) is 26.0 Å². The number of nitrogens with two attached hydrogens (primary N) is 1. The number of rotatable bonds is 2. The molecular formula is C13H19N. The predicted molar refractivity (Wildman–Crippen MR) is 60.2 cm³/mol. The SMILES string of the molecule is CCCC1(N)CCCc2ccccc21. The van der Waals surface area contributed by atoms with Crippen LogP contribution in [0.4, 0.5) is 0 Å². The van der Waals surface area contributed by atoms with E-state index >= 15 is 0 Å². The molecule has 1 aliphatic carbocycles. The minimum atomic E-state index is -0.0381. The van der Waals surface area contributed by atoms with Crippen molar-refractivity contribution in [3.8, 4) is 0 Å². The maximum Gasteiger partial charge on any atom is 0.0412 e. The van der Waals surface area contributed by atoms with E-state index in [1.54, 1.807) is 0 Å². The van der Waals surface area contributed by atoms with Crippen LogP contribution in [0.3, 0.4) is 0 Å². The minimum Gasteiger partial charge on any atom is -0.321 e. The maximum atomic E-state index is 6.48. The molecule has 76 valence electrons. The summed E-state index contributed by atoms with van der Waals surface area (Å²) in [5.74, 6) is 0. The van der Waals surface area contributed by atoms with Crippen LogP contribution >= 0.6 is 0 Å². The largest absolute Gasteiger partial charge is 0.321 e. The average Bonchev–Trinajstić information content (AvgIpc) is 2.19. The van der Waals surface area contributed by atoms with Crippen molar-refractivity contribution in [2.75, 3.05) is 0 Å². The molecule has 1 aromatic carbocycles. The zero-order valence-electron chi connectivity index (χ0n) is 8.92. The van der Waals surface area contributed by atoms with Crippen molar-refractivity contribution in [3.63, 3.8) is 0 Å². The van der Waals surface area contributed by atoms with E-state index in [1.165, 1.54) is 30.4 Å². The molecule has 2 N–H and O–H groups in total. The summed E-state index contributed by atoms with van der Waals surface area (Å²) in [6, 6.07) is 8.67. The standard InChI is InChI=1S/C13H19N/c1-2-9-13(14)10-5-7-11-6-3-4-8-12(11)13/h3-4,6,8H,2,5,7,9-10,14H2,1H3. The van der Waals surface area contributed by atoms with Gasteiger partial charge in [0.2, 0.25) is 0 Å². The first-order valence-electron chi connectivity index (χ1n) is 5.63. The van der Waals surface area contributed by atoms with Crippen molar-refractivity contribution in [1.82, 2.24) is 0 Å². The van der Waals surface area contributed by atoms with Crippen LogP contribution in [0.5, 0.6) is 0 Å². The van der Waals surface area contributed by atoms with E-state index in [0.29, 0.717) is 0 Å². The quantitative estimate of drug-likeness (QED) is 0.760. The van der Waals surface area contributed by atoms with E-state index in [9.17, 15) is 0 Å². The normalized spacial score (nSPS) is 25.9. The second-order valence-corrected chi connectivity index (χ2v) is 4.42. The average molecular weight is 189 g/mol. The van der Waals surface area contributed by atoms with Gasteiger partial charge in [-0.25, -0.2) is 0 Å². The summed E-state index contributed by atoms with van der Waals surface area (Å²) in [6.07, 6.45) is 5.89. The van der Waals surface area contributed by atoms with Crippen molar-refractivity contribution in [1.29, 1.82) is 0 Å². The molecule has 0 fully saturated rings. The lowest BCUT2D eigenvalue weighted by molar-refractivity contribution is 0.343. The smallest absolute Gasteiger partial charge is 0.0412 e. The lowest BCUT2D eigenvalue weighted by atomic mass is 9.75. The third kappa shape index (κ3) is 1.57. The predicted octanol–water partition coefficient (Wildman–Crippen LogP) is 2.98. The van der Waals surface area contributed by atoms with Gasteiger partial charge >= 0.3 is 0 Å². The lowest BCUT2D eigenvalue weighted by Crippen LogP contribution is -2.39. The monoisotopic (exact) mass is 189 g/mol. The van der Waals surface area contributed by atoms with Crippen LogP contribution in [-0.4, -0.2) is 0 Å². The van der Waals surface area contributed by atoms with Crippen LogP contribution in [0, 0.1) is 0 Å². The van der Waals surface area contributed by atoms with Gasteiger partial charge in [0.1, 0.15) is 0 Å². The molecule has 0 amide bonds. The van der Waals surface area contributed by atoms with E-state index in [1.807, 2.05) is 0 Å². The fourth-order valence-corrected chi connectivity index (χ4v) is 2.66. The van der Waals surface area contributed by atoms with Gasteiger partial charge in [0.05, 0.1) is 0 Å². The number of benzene rings is 1. The lowest BCUT2D eigenvalue weighted by Gasteiger charge is -2.35. The van der Waals surface area contributed by atoms with Gasteiger partial charge in [-0.1, -0.05) is 37.6 Å². The highest BCUT2D eigenvalue weighted by Crippen LogP contribution is 2.36. The molecule has 0 saturated heterocycles. The van der Waals surface area contributed by atoms with Crippen LogP contribution in [0.25, 0.3) is 0 Å². The van der Waals surface area contributed by atoms with Crippen LogP contribution in [0.1, 0.15) is 43.7 Å². The van der Waals surface area contributed by atoms with E-state index in [4.69, 9.17) is 5.73 Å². The van der Waals surface area contributed by atoms with Gasteiger partial charge in [0.25, 0.3) is 0 Å². The molecule has 0 aliphatic heterocycles. The van der Waals surface area contributed by atoms with Gasteiger partial charge in [0.15, 0.2) is 0 Å². The molecule has 0 radical (unpaired) electrons. The Morgan fingerprint density at radius 3 is 2.93 bits per heavy atom. The van der Waals surface area contributed by atoms with E-state index in [0.717, 1.165) is 12.8 Å². The Morgan fingerprint density at radius 2 is 2.14 bits per heavy atom. The highest BCUT2D eigenvalue weighted by atomic mass is 14.7. The van der Waals surface area contributed by atoms with Gasteiger partial charge in [-0.15, -0.1) is 0 Å². The summed E-state index contributed by atoms with van der Waals surface area (Å²) in [5.41, 5.74) is 9.31. The molecule has 1 unspecified atom stereocenters. The van der Waals surface area contributed by atoms with Gasteiger partial charge in [-0.3, -0.25) is 0 Å². The first-order chi connectivity index (χ1) is 6.76. The summed E-state index contributed by atoms with van der Waals surface area (Å²) in [5, 5.41) is 0. The Morgan fingerprint density at radius 1 is 1.36 bits per heavy atom. The Balaban J connectivity index is 2.39. The zero-order valence-corrected chi connectivity index (χ0v) is 8.92. The number of hydrogen-bond acceptors (Lipinski definition) is 1. The second kappa shape index (κ2) is 3.74. The first kappa shape index (κ1) is 9.72. The zero-order chi connectivity index (χ0) is 10.0. The van der Waals surface area contributed by atoms with Gasteiger partial charge in [-0.2, -0.15) is 0 Å². The Labute approximate surface area is 86.3 Å². The van der Waals surface area contributed by atoms with Crippen molar-refractivity contribution in [2.24, 2.45) is 5.73 Å². The van der Waals surface area contributed by atoms with Crippen LogP contribution < -0.4 is 5.73 Å². The Bertz CT molecular complexity index is 319. The summed E-state index contributed by atoms with van der Waals surface area (Å²) in [4.78, 5) is 0. The summed E-state index contributed by atoms with van der Waals surface area (Å²) in [6.45, 7) is 2.21. The molecule has 0 spiro atoms. The highest BCUT2D eigenvalue weighted by Gasteiger charge is 2.30. The first-order valence-corrected chi connectivity index (χ1v) is 5.63. The van der Waals surface area contributed by atoms with Gasteiger partial charge < -0.3 is 5.73 Å². The molecule has 1 nitrogen and oxygen atoms in total. The van der Waals surface area contributed by atoms with Crippen molar-refractivity contribution < 1.29 is 0 Å². The number of aryl methyl sites for hydroxylation is 1. The summed E-state index contributed by atoms with van der Waals surface area (Å²) < 4.78 is 0. The molecule has 0 bridgehead atoms.